The first-order valence-electron chi connectivity index (χ1n) is 4.58. The van der Waals surface area contributed by atoms with Gasteiger partial charge in [-0.2, -0.15) is 0 Å². The molecule has 1 fully saturated rings. The summed E-state index contributed by atoms with van der Waals surface area (Å²) in [6, 6.07) is 0. The maximum atomic E-state index is 11.8. The molecule has 0 aromatic rings. The van der Waals surface area contributed by atoms with Crippen molar-refractivity contribution in [3.8, 4) is 0 Å². The highest BCUT2D eigenvalue weighted by molar-refractivity contribution is 7.93. The van der Waals surface area contributed by atoms with Crippen LogP contribution in [0.2, 0.25) is 0 Å². The van der Waals surface area contributed by atoms with E-state index in [0.717, 1.165) is 6.42 Å². The lowest BCUT2D eigenvalue weighted by Gasteiger charge is -2.36. The molecule has 0 saturated carbocycles. The quantitative estimate of drug-likeness (QED) is 0.593. The van der Waals surface area contributed by atoms with E-state index in [1.165, 1.54) is 0 Å². The van der Waals surface area contributed by atoms with E-state index in [2.05, 4.69) is 0 Å². The van der Waals surface area contributed by atoms with Gasteiger partial charge in [-0.15, -0.1) is 0 Å². The summed E-state index contributed by atoms with van der Waals surface area (Å²) in [6.45, 7) is 0. The molecule has 2 rings (SSSR count). The van der Waals surface area contributed by atoms with Gasteiger partial charge in [0.05, 0.1) is 16.6 Å². The second-order valence-electron chi connectivity index (χ2n) is 3.68. The molecule has 2 aliphatic heterocycles. The number of fused-ring (bicyclic) bond motifs is 2. The van der Waals surface area contributed by atoms with E-state index in [0.29, 0.717) is 12.8 Å². The first-order chi connectivity index (χ1) is 6.16. The van der Waals surface area contributed by atoms with E-state index >= 15 is 0 Å². The van der Waals surface area contributed by atoms with Gasteiger partial charge in [-0.25, -0.2) is 8.42 Å². The Morgan fingerprint density at radius 2 is 2.15 bits per heavy atom. The average molecular weight is 202 g/mol. The Labute approximate surface area is 78.7 Å². The Kier molecular flexibility index (Phi) is 2.20. The van der Waals surface area contributed by atoms with Crippen LogP contribution in [0.15, 0.2) is 12.2 Å². The van der Waals surface area contributed by atoms with Crippen molar-refractivity contribution in [1.29, 1.82) is 0 Å². The number of sulfone groups is 1. The Bertz CT molecular complexity index is 318. The van der Waals surface area contributed by atoms with Crippen molar-refractivity contribution in [2.24, 2.45) is 0 Å². The van der Waals surface area contributed by atoms with Crippen LogP contribution in [0.5, 0.6) is 0 Å². The molecule has 0 aromatic heterocycles. The van der Waals surface area contributed by atoms with Gasteiger partial charge in [-0.1, -0.05) is 12.2 Å². The van der Waals surface area contributed by atoms with Crippen LogP contribution in [-0.4, -0.2) is 32.1 Å². The van der Waals surface area contributed by atoms with Gasteiger partial charge >= 0.3 is 0 Å². The van der Waals surface area contributed by atoms with Crippen molar-refractivity contribution < 1.29 is 13.2 Å². The van der Waals surface area contributed by atoms with Crippen molar-refractivity contribution in [2.75, 3.05) is 7.11 Å². The number of ether oxygens (including phenoxy) is 1. The maximum Gasteiger partial charge on any atom is 0.162 e. The zero-order valence-electron chi connectivity index (χ0n) is 7.64. The summed E-state index contributed by atoms with van der Waals surface area (Å²) >= 11 is 0. The summed E-state index contributed by atoms with van der Waals surface area (Å²) in [5.74, 6) is 0. The molecule has 13 heavy (non-hydrogen) atoms. The lowest BCUT2D eigenvalue weighted by molar-refractivity contribution is 0.0840. The van der Waals surface area contributed by atoms with Crippen LogP contribution < -0.4 is 0 Å². The molecule has 2 aliphatic rings. The van der Waals surface area contributed by atoms with Crippen molar-refractivity contribution >= 4 is 9.84 Å². The second-order valence-corrected chi connectivity index (χ2v) is 6.07. The first kappa shape index (κ1) is 9.21. The summed E-state index contributed by atoms with van der Waals surface area (Å²) < 4.78 is 28.9. The molecule has 0 spiro atoms. The molecule has 3 atom stereocenters. The second kappa shape index (κ2) is 3.10. The third kappa shape index (κ3) is 1.32. The third-order valence-electron chi connectivity index (χ3n) is 3.02. The van der Waals surface area contributed by atoms with Crippen LogP contribution in [0.25, 0.3) is 0 Å². The summed E-state index contributed by atoms with van der Waals surface area (Å²) in [7, 11) is -1.34. The minimum absolute atomic E-state index is 0.0915. The van der Waals surface area contributed by atoms with Crippen LogP contribution in [-0.2, 0) is 14.6 Å². The van der Waals surface area contributed by atoms with Gasteiger partial charge in [0.15, 0.2) is 9.84 Å². The molecule has 0 amide bonds. The van der Waals surface area contributed by atoms with Gasteiger partial charge < -0.3 is 4.74 Å². The zero-order chi connectivity index (χ0) is 9.47. The fourth-order valence-electron chi connectivity index (χ4n) is 2.24. The summed E-state index contributed by atoms with van der Waals surface area (Å²) in [6.07, 6.45) is 5.92. The minimum atomic E-state index is -2.94. The van der Waals surface area contributed by atoms with Gasteiger partial charge in [-0.3, -0.25) is 0 Å². The molecule has 74 valence electrons. The third-order valence-corrected chi connectivity index (χ3v) is 5.59. The average Bonchev–Trinajstić information content (AvgIpc) is 2.02. The standard InChI is InChI=1S/C9H14O3S/c1-12-8-6-5-7-3-2-4-9(8)13(7,10)11/h2-3,7-9H,4-6H2,1H3. The number of allylic oxidation sites excluding steroid dienone is 1. The maximum absolute atomic E-state index is 11.8. The highest BCUT2D eigenvalue weighted by Gasteiger charge is 2.43. The van der Waals surface area contributed by atoms with Crippen LogP contribution >= 0.6 is 0 Å². The Balaban J connectivity index is 2.37. The predicted molar refractivity (Wildman–Crippen MR) is 50.3 cm³/mol. The molecule has 3 unspecified atom stereocenters. The molecule has 0 radical (unpaired) electrons. The molecule has 4 heteroatoms. The summed E-state index contributed by atoms with van der Waals surface area (Å²) in [5, 5.41) is -0.529. The van der Waals surface area contributed by atoms with Gasteiger partial charge in [0.25, 0.3) is 0 Å². The fourth-order valence-corrected chi connectivity index (χ4v) is 4.53. The largest absolute Gasteiger partial charge is 0.380 e. The molecule has 1 saturated heterocycles. The molecule has 3 nitrogen and oxygen atoms in total. The summed E-state index contributed by atoms with van der Waals surface area (Å²) in [5.41, 5.74) is 0. The van der Waals surface area contributed by atoms with Crippen LogP contribution in [0.3, 0.4) is 0 Å². The van der Waals surface area contributed by atoms with Gasteiger partial charge in [0, 0.05) is 7.11 Å². The SMILES string of the molecule is COC1CCC2C=CCC1S2(=O)=O. The molecular weight excluding hydrogens is 188 g/mol. The van der Waals surface area contributed by atoms with Crippen molar-refractivity contribution in [3.63, 3.8) is 0 Å². The molecular formula is C9H14O3S. The van der Waals surface area contributed by atoms with Crippen molar-refractivity contribution in [1.82, 2.24) is 0 Å². The number of hydrogen-bond donors (Lipinski definition) is 0. The van der Waals surface area contributed by atoms with Crippen LogP contribution in [0.1, 0.15) is 19.3 Å². The van der Waals surface area contributed by atoms with Crippen LogP contribution in [0, 0.1) is 0 Å². The van der Waals surface area contributed by atoms with Gasteiger partial charge in [0.2, 0.25) is 0 Å². The molecule has 2 bridgehead atoms. The van der Waals surface area contributed by atoms with E-state index in [-0.39, 0.29) is 16.6 Å². The van der Waals surface area contributed by atoms with Crippen molar-refractivity contribution in [2.45, 2.75) is 35.9 Å². The Hall–Kier alpha value is -0.350. The van der Waals surface area contributed by atoms with Gasteiger partial charge in [0.1, 0.15) is 0 Å². The van der Waals surface area contributed by atoms with E-state index in [1.807, 2.05) is 12.2 Å². The highest BCUT2D eigenvalue weighted by atomic mass is 32.2. The predicted octanol–water partition coefficient (Wildman–Crippen LogP) is 0.907. The van der Waals surface area contributed by atoms with E-state index in [1.54, 1.807) is 7.11 Å². The van der Waals surface area contributed by atoms with E-state index < -0.39 is 9.84 Å². The fraction of sp³-hybridized carbons (Fsp3) is 0.778. The minimum Gasteiger partial charge on any atom is -0.380 e. The topological polar surface area (TPSA) is 43.4 Å². The zero-order valence-corrected chi connectivity index (χ0v) is 8.46. The van der Waals surface area contributed by atoms with Crippen LogP contribution in [0.4, 0.5) is 0 Å². The Morgan fingerprint density at radius 1 is 1.38 bits per heavy atom. The lowest BCUT2D eigenvalue weighted by Crippen LogP contribution is -2.46. The molecule has 0 N–H and O–H groups in total. The Morgan fingerprint density at radius 3 is 2.85 bits per heavy atom. The smallest absolute Gasteiger partial charge is 0.162 e. The molecule has 2 heterocycles. The summed E-state index contributed by atoms with van der Waals surface area (Å²) in [4.78, 5) is 0. The highest BCUT2D eigenvalue weighted by Crippen LogP contribution is 2.34. The number of hydrogen-bond acceptors (Lipinski definition) is 3. The number of methoxy groups -OCH3 is 1. The van der Waals surface area contributed by atoms with Crippen molar-refractivity contribution in [3.05, 3.63) is 12.2 Å². The van der Waals surface area contributed by atoms with Gasteiger partial charge in [-0.05, 0) is 19.3 Å². The monoisotopic (exact) mass is 202 g/mol. The van der Waals surface area contributed by atoms with E-state index in [4.69, 9.17) is 4.74 Å². The molecule has 0 aliphatic carbocycles. The molecule has 0 aromatic carbocycles. The first-order valence-corrected chi connectivity index (χ1v) is 6.19. The lowest BCUT2D eigenvalue weighted by atomic mass is 10.0. The number of rotatable bonds is 1. The van der Waals surface area contributed by atoms with E-state index in [9.17, 15) is 8.42 Å². The normalized spacial score (nSPS) is 41.8.